The smallest absolute Gasteiger partial charge is 0.238 e. The quantitative estimate of drug-likeness (QED) is 0.824. The van der Waals surface area contributed by atoms with Gasteiger partial charge in [0.15, 0.2) is 0 Å². The van der Waals surface area contributed by atoms with E-state index in [-0.39, 0.29) is 23.3 Å². The lowest BCUT2D eigenvalue weighted by Gasteiger charge is -2.25. The minimum absolute atomic E-state index is 0.0570. The third-order valence-corrected chi connectivity index (χ3v) is 5.38. The molecule has 0 radical (unpaired) electrons. The summed E-state index contributed by atoms with van der Waals surface area (Å²) in [5, 5.41) is 2.43. The summed E-state index contributed by atoms with van der Waals surface area (Å²) < 4.78 is 27.4. The first-order valence-electron chi connectivity index (χ1n) is 8.47. The summed E-state index contributed by atoms with van der Waals surface area (Å²) in [4.78, 5) is 25.7. The molecule has 3 rings (SSSR count). The van der Waals surface area contributed by atoms with Gasteiger partial charge in [-0.3, -0.25) is 14.5 Å². The Balaban J connectivity index is 1.84. The van der Waals surface area contributed by atoms with Crippen molar-refractivity contribution >= 4 is 35.0 Å². The Morgan fingerprint density at radius 2 is 1.81 bits per heavy atom. The first-order valence-corrected chi connectivity index (χ1v) is 9.52. The van der Waals surface area contributed by atoms with E-state index in [1.165, 1.54) is 22.7 Å². The van der Waals surface area contributed by atoms with E-state index in [4.69, 9.17) is 0 Å². The van der Waals surface area contributed by atoms with Gasteiger partial charge in [0.05, 0.1) is 11.4 Å². The summed E-state index contributed by atoms with van der Waals surface area (Å²) in [5.74, 6) is -1.59. The number of nitrogens with one attached hydrogen (secondary N) is 1. The second-order valence-electron chi connectivity index (χ2n) is 7.35. The molecule has 1 saturated heterocycles. The molecule has 1 fully saturated rings. The second-order valence-corrected chi connectivity index (χ2v) is 8.42. The van der Waals surface area contributed by atoms with Crippen molar-refractivity contribution in [3.8, 4) is 0 Å². The van der Waals surface area contributed by atoms with Gasteiger partial charge < -0.3 is 5.32 Å². The third-order valence-electron chi connectivity index (χ3n) is 4.17. The number of carbonyl (C=O) groups excluding carboxylic acids is 2. The molecule has 0 saturated carbocycles. The topological polar surface area (TPSA) is 49.4 Å². The summed E-state index contributed by atoms with van der Waals surface area (Å²) in [7, 11) is 0. The Labute approximate surface area is 160 Å². The van der Waals surface area contributed by atoms with E-state index < -0.39 is 22.4 Å². The Kier molecular flexibility index (Phi) is 5.24. The third kappa shape index (κ3) is 4.13. The van der Waals surface area contributed by atoms with Crippen LogP contribution in [0.15, 0.2) is 42.5 Å². The minimum Gasteiger partial charge on any atom is -0.326 e. The zero-order chi connectivity index (χ0) is 19.8. The van der Waals surface area contributed by atoms with Crippen molar-refractivity contribution in [3.05, 3.63) is 59.7 Å². The van der Waals surface area contributed by atoms with E-state index in [0.717, 1.165) is 17.7 Å². The van der Waals surface area contributed by atoms with Gasteiger partial charge in [0, 0.05) is 17.2 Å². The standard InChI is InChI=1S/C20H20F2N2O2S/c1-20(2,3)19(26)23-14-7-4-12(5-8-14)18-24(17(25)11-27-18)16-9-6-13(21)10-15(16)22/h4-10,18H,11H2,1-3H3,(H,23,26)/t18-/m1/s1. The number of nitrogens with zero attached hydrogens (tertiary/aromatic N) is 1. The fourth-order valence-electron chi connectivity index (χ4n) is 2.66. The molecule has 142 valence electrons. The van der Waals surface area contributed by atoms with Gasteiger partial charge in [0.2, 0.25) is 11.8 Å². The normalized spacial score (nSPS) is 17.3. The van der Waals surface area contributed by atoms with Crippen molar-refractivity contribution in [3.63, 3.8) is 0 Å². The van der Waals surface area contributed by atoms with Gasteiger partial charge in [-0.25, -0.2) is 8.78 Å². The zero-order valence-corrected chi connectivity index (χ0v) is 16.1. The van der Waals surface area contributed by atoms with E-state index in [2.05, 4.69) is 5.32 Å². The van der Waals surface area contributed by atoms with E-state index >= 15 is 0 Å². The van der Waals surface area contributed by atoms with Crippen molar-refractivity contribution in [2.75, 3.05) is 16.0 Å². The molecule has 0 bridgehead atoms. The molecule has 1 atom stereocenters. The molecule has 27 heavy (non-hydrogen) atoms. The van der Waals surface area contributed by atoms with Crippen LogP contribution in [-0.4, -0.2) is 17.6 Å². The van der Waals surface area contributed by atoms with Crippen molar-refractivity contribution < 1.29 is 18.4 Å². The number of rotatable bonds is 3. The average molecular weight is 390 g/mol. The molecule has 4 nitrogen and oxygen atoms in total. The molecule has 0 spiro atoms. The van der Waals surface area contributed by atoms with Crippen molar-refractivity contribution in [1.82, 2.24) is 0 Å². The molecule has 0 unspecified atom stereocenters. The SMILES string of the molecule is CC(C)(C)C(=O)Nc1ccc([C@H]2SCC(=O)N2c2ccc(F)cc2F)cc1. The number of thioether (sulfide) groups is 1. The Morgan fingerprint density at radius 3 is 2.41 bits per heavy atom. The maximum absolute atomic E-state index is 14.2. The van der Waals surface area contributed by atoms with Crippen LogP contribution in [-0.2, 0) is 9.59 Å². The van der Waals surface area contributed by atoms with Crippen molar-refractivity contribution in [1.29, 1.82) is 0 Å². The lowest BCUT2D eigenvalue weighted by Crippen LogP contribution is -2.29. The van der Waals surface area contributed by atoms with Crippen LogP contribution >= 0.6 is 11.8 Å². The summed E-state index contributed by atoms with van der Waals surface area (Å²) in [6.07, 6.45) is 0. The zero-order valence-electron chi connectivity index (χ0n) is 15.3. The highest BCUT2D eigenvalue weighted by atomic mass is 32.2. The second kappa shape index (κ2) is 7.31. The summed E-state index contributed by atoms with van der Waals surface area (Å²) >= 11 is 1.37. The van der Waals surface area contributed by atoms with Gasteiger partial charge in [-0.2, -0.15) is 0 Å². The van der Waals surface area contributed by atoms with Crippen LogP contribution in [0.1, 0.15) is 31.7 Å². The van der Waals surface area contributed by atoms with Crippen LogP contribution in [0.2, 0.25) is 0 Å². The lowest BCUT2D eigenvalue weighted by molar-refractivity contribution is -0.123. The van der Waals surface area contributed by atoms with E-state index in [1.54, 1.807) is 24.3 Å². The molecule has 1 N–H and O–H groups in total. The molecule has 1 aliphatic heterocycles. The summed E-state index contributed by atoms with van der Waals surface area (Å²) in [5.41, 5.74) is 0.987. The maximum Gasteiger partial charge on any atom is 0.238 e. The van der Waals surface area contributed by atoms with Crippen LogP contribution in [0.25, 0.3) is 0 Å². The van der Waals surface area contributed by atoms with Gasteiger partial charge in [0.1, 0.15) is 17.0 Å². The van der Waals surface area contributed by atoms with Gasteiger partial charge >= 0.3 is 0 Å². The molecule has 1 aliphatic rings. The van der Waals surface area contributed by atoms with Crippen LogP contribution in [0, 0.1) is 17.0 Å². The van der Waals surface area contributed by atoms with Crippen LogP contribution < -0.4 is 10.2 Å². The fraction of sp³-hybridized carbons (Fsp3) is 0.300. The predicted molar refractivity (Wildman–Crippen MR) is 104 cm³/mol. The predicted octanol–water partition coefficient (Wildman–Crippen LogP) is 4.73. The number of hydrogen-bond acceptors (Lipinski definition) is 3. The molecule has 2 aromatic rings. The molecule has 2 amide bonds. The first kappa shape index (κ1) is 19.4. The fourth-order valence-corrected chi connectivity index (χ4v) is 3.83. The Hall–Kier alpha value is -2.41. The van der Waals surface area contributed by atoms with Crippen LogP contribution in [0.5, 0.6) is 0 Å². The molecular weight excluding hydrogens is 370 g/mol. The number of benzene rings is 2. The van der Waals surface area contributed by atoms with Gasteiger partial charge in [-0.15, -0.1) is 11.8 Å². The van der Waals surface area contributed by atoms with Crippen LogP contribution in [0.4, 0.5) is 20.2 Å². The Morgan fingerprint density at radius 1 is 1.15 bits per heavy atom. The highest BCUT2D eigenvalue weighted by molar-refractivity contribution is 8.00. The van der Waals surface area contributed by atoms with E-state index in [9.17, 15) is 18.4 Å². The number of amides is 2. The number of hydrogen-bond donors (Lipinski definition) is 1. The van der Waals surface area contributed by atoms with Crippen molar-refractivity contribution in [2.45, 2.75) is 26.1 Å². The van der Waals surface area contributed by atoms with Gasteiger partial charge in [-0.1, -0.05) is 32.9 Å². The number of anilines is 2. The maximum atomic E-state index is 14.2. The lowest BCUT2D eigenvalue weighted by atomic mass is 9.95. The molecular formula is C20H20F2N2O2S. The van der Waals surface area contributed by atoms with E-state index in [0.29, 0.717) is 5.69 Å². The highest BCUT2D eigenvalue weighted by Gasteiger charge is 2.35. The first-order chi connectivity index (χ1) is 12.7. The van der Waals surface area contributed by atoms with E-state index in [1.807, 2.05) is 20.8 Å². The number of carbonyl (C=O) groups is 2. The minimum atomic E-state index is -0.773. The molecule has 0 aliphatic carbocycles. The molecule has 1 heterocycles. The average Bonchev–Trinajstić information content (AvgIpc) is 2.96. The highest BCUT2D eigenvalue weighted by Crippen LogP contribution is 2.42. The molecule has 2 aromatic carbocycles. The van der Waals surface area contributed by atoms with Gasteiger partial charge in [0.25, 0.3) is 0 Å². The van der Waals surface area contributed by atoms with Crippen LogP contribution in [0.3, 0.4) is 0 Å². The Bertz CT molecular complexity index is 879. The summed E-state index contributed by atoms with van der Waals surface area (Å²) in [6.45, 7) is 5.48. The molecule has 0 aromatic heterocycles. The monoisotopic (exact) mass is 390 g/mol. The largest absolute Gasteiger partial charge is 0.326 e. The van der Waals surface area contributed by atoms with Crippen molar-refractivity contribution in [2.24, 2.45) is 5.41 Å². The molecule has 7 heteroatoms. The van der Waals surface area contributed by atoms with Gasteiger partial charge in [-0.05, 0) is 29.8 Å². The summed E-state index contributed by atoms with van der Waals surface area (Å²) in [6, 6.07) is 10.3. The number of halogens is 2.